The topological polar surface area (TPSA) is 131 Å². The summed E-state index contributed by atoms with van der Waals surface area (Å²) in [7, 11) is 3.75. The molecule has 10 nitrogen and oxygen atoms in total. The second-order valence-electron chi connectivity index (χ2n) is 12.7. The molecule has 1 saturated carbocycles. The summed E-state index contributed by atoms with van der Waals surface area (Å²) in [6.45, 7) is 9.94. The van der Waals surface area contributed by atoms with E-state index < -0.39 is 29.3 Å². The zero-order valence-corrected chi connectivity index (χ0v) is 24.1. The van der Waals surface area contributed by atoms with Gasteiger partial charge < -0.3 is 35.0 Å². The van der Waals surface area contributed by atoms with Gasteiger partial charge in [0.25, 0.3) is 0 Å². The SMILES string of the molecule is C=CC[N+]1(C)CC[C@]23c4c5ccc(OC(=O)N(C)CCNC(=O)[C@@H](N)CC(C)C)c4O[C@H]2C(=O)CC[C@@]3(O)[C@H]1C5. The lowest BCUT2D eigenvalue weighted by atomic mass is 9.48. The molecule has 40 heavy (non-hydrogen) atoms. The molecule has 4 aliphatic rings. The molecule has 6 atom stereocenters. The fraction of sp³-hybridized carbons (Fsp3) is 0.633. The summed E-state index contributed by atoms with van der Waals surface area (Å²) in [4.78, 5) is 39.9. The fourth-order valence-corrected chi connectivity index (χ4v) is 7.77. The Labute approximate surface area is 236 Å². The van der Waals surface area contributed by atoms with Crippen LogP contribution < -0.4 is 20.5 Å². The number of benzene rings is 1. The molecule has 2 heterocycles. The van der Waals surface area contributed by atoms with Gasteiger partial charge in [0, 0.05) is 45.0 Å². The average Bonchev–Trinajstić information content (AvgIpc) is 3.26. The van der Waals surface area contributed by atoms with Crippen molar-refractivity contribution in [3.8, 4) is 11.5 Å². The van der Waals surface area contributed by atoms with Gasteiger partial charge in [0.2, 0.25) is 5.91 Å². The third-order valence-electron chi connectivity index (χ3n) is 9.75. The van der Waals surface area contributed by atoms with Crippen LogP contribution in [0.2, 0.25) is 0 Å². The third kappa shape index (κ3) is 4.23. The molecule has 1 unspecified atom stereocenters. The van der Waals surface area contributed by atoms with E-state index in [-0.39, 0.29) is 43.0 Å². The highest BCUT2D eigenvalue weighted by Gasteiger charge is 2.76. The van der Waals surface area contributed by atoms with Gasteiger partial charge in [-0.05, 0) is 36.5 Å². The van der Waals surface area contributed by atoms with E-state index in [1.807, 2.05) is 26.0 Å². The lowest BCUT2D eigenvalue weighted by molar-refractivity contribution is -0.944. The first-order valence-electron chi connectivity index (χ1n) is 14.4. The molecule has 1 spiro atoms. The number of nitrogens with zero attached hydrogens (tertiary/aromatic N) is 2. The number of nitrogens with two attached hydrogens (primary N) is 1. The number of ketones is 1. The largest absolute Gasteiger partial charge is 0.477 e. The van der Waals surface area contributed by atoms with Gasteiger partial charge in [-0.15, -0.1) is 0 Å². The second-order valence-corrected chi connectivity index (χ2v) is 12.7. The van der Waals surface area contributed by atoms with Crippen molar-refractivity contribution in [2.24, 2.45) is 11.7 Å². The number of carbonyl (C=O) groups excluding carboxylic acids is 3. The summed E-state index contributed by atoms with van der Waals surface area (Å²) in [6.07, 6.45) is 2.95. The monoisotopic (exact) mass is 555 g/mol. The summed E-state index contributed by atoms with van der Waals surface area (Å²) < 4.78 is 12.8. The fourth-order valence-electron chi connectivity index (χ4n) is 7.77. The molecular formula is C30H43N4O6+. The molecular weight excluding hydrogens is 512 g/mol. The van der Waals surface area contributed by atoms with Crippen molar-refractivity contribution in [3.05, 3.63) is 35.9 Å². The van der Waals surface area contributed by atoms with E-state index in [1.165, 1.54) is 4.90 Å². The van der Waals surface area contributed by atoms with Crippen LogP contribution in [0.15, 0.2) is 24.8 Å². The Bertz CT molecular complexity index is 1230. The first kappa shape index (κ1) is 28.6. The number of carbonyl (C=O) groups is 3. The molecule has 1 aromatic carbocycles. The number of quaternary nitrogens is 1. The first-order valence-corrected chi connectivity index (χ1v) is 14.4. The Morgan fingerprint density at radius 2 is 2.12 bits per heavy atom. The average molecular weight is 556 g/mol. The lowest BCUT2D eigenvalue weighted by Gasteiger charge is -2.64. The smallest absolute Gasteiger partial charge is 0.415 e. The summed E-state index contributed by atoms with van der Waals surface area (Å²) in [6, 6.07) is 2.98. The number of rotatable bonds is 9. The Morgan fingerprint density at radius 1 is 1.38 bits per heavy atom. The minimum atomic E-state index is -1.12. The van der Waals surface area contributed by atoms with Crippen molar-refractivity contribution in [2.75, 3.05) is 40.3 Å². The maximum Gasteiger partial charge on any atom is 0.415 e. The van der Waals surface area contributed by atoms with Gasteiger partial charge in [-0.25, -0.2) is 4.79 Å². The van der Waals surface area contributed by atoms with Crippen LogP contribution in [0.4, 0.5) is 4.79 Å². The Kier molecular flexibility index (Phi) is 7.25. The number of piperidine rings is 1. The normalized spacial score (nSPS) is 32.1. The van der Waals surface area contributed by atoms with Crippen LogP contribution >= 0.6 is 0 Å². The van der Waals surface area contributed by atoms with E-state index in [0.29, 0.717) is 41.8 Å². The molecule has 4 N–H and O–H groups in total. The minimum absolute atomic E-state index is 0.0203. The Balaban J connectivity index is 1.37. The number of aliphatic hydroxyl groups is 1. The zero-order valence-electron chi connectivity index (χ0n) is 24.1. The van der Waals surface area contributed by atoms with E-state index >= 15 is 0 Å². The van der Waals surface area contributed by atoms with E-state index in [0.717, 1.165) is 24.2 Å². The number of hydrogen-bond donors (Lipinski definition) is 3. The molecule has 2 aliphatic carbocycles. The van der Waals surface area contributed by atoms with E-state index in [2.05, 4.69) is 18.9 Å². The molecule has 5 rings (SSSR count). The first-order chi connectivity index (χ1) is 18.9. The summed E-state index contributed by atoms with van der Waals surface area (Å²) >= 11 is 0. The molecule has 2 bridgehead atoms. The van der Waals surface area contributed by atoms with Crippen molar-refractivity contribution >= 4 is 17.8 Å². The second kappa shape index (κ2) is 10.2. The maximum atomic E-state index is 13.3. The molecule has 10 heteroatoms. The van der Waals surface area contributed by atoms with Gasteiger partial charge in [-0.2, -0.15) is 0 Å². The minimum Gasteiger partial charge on any atom is -0.477 e. The summed E-state index contributed by atoms with van der Waals surface area (Å²) in [5.74, 6) is 0.667. The van der Waals surface area contributed by atoms with Crippen molar-refractivity contribution in [1.82, 2.24) is 10.2 Å². The molecule has 1 saturated heterocycles. The molecule has 1 aromatic rings. The number of likely N-dealkylation sites (tertiary alicyclic amines) is 1. The van der Waals surface area contributed by atoms with Crippen molar-refractivity contribution in [3.63, 3.8) is 0 Å². The highest BCUT2D eigenvalue weighted by molar-refractivity contribution is 5.90. The zero-order chi connectivity index (χ0) is 29.0. The van der Waals surface area contributed by atoms with Gasteiger partial charge >= 0.3 is 6.09 Å². The van der Waals surface area contributed by atoms with Gasteiger partial charge in [0.15, 0.2) is 23.4 Å². The molecule has 2 amide bonds. The van der Waals surface area contributed by atoms with Gasteiger partial charge in [-0.1, -0.05) is 26.5 Å². The van der Waals surface area contributed by atoms with Crippen LogP contribution in [0.25, 0.3) is 0 Å². The summed E-state index contributed by atoms with van der Waals surface area (Å²) in [5, 5.41) is 15.2. The van der Waals surface area contributed by atoms with E-state index in [4.69, 9.17) is 15.2 Å². The molecule has 218 valence electrons. The highest BCUT2D eigenvalue weighted by atomic mass is 16.6. The number of hydrogen-bond acceptors (Lipinski definition) is 7. The molecule has 0 radical (unpaired) electrons. The van der Waals surface area contributed by atoms with Crippen LogP contribution in [-0.4, -0.2) is 96.3 Å². The number of ether oxygens (including phenoxy) is 2. The predicted octanol–water partition coefficient (Wildman–Crippen LogP) is 1.66. The Morgan fingerprint density at radius 3 is 2.83 bits per heavy atom. The summed E-state index contributed by atoms with van der Waals surface area (Å²) in [5.41, 5.74) is 5.81. The van der Waals surface area contributed by atoms with Crippen molar-refractivity contribution in [1.29, 1.82) is 0 Å². The number of amides is 2. The highest BCUT2D eigenvalue weighted by Crippen LogP contribution is 2.65. The van der Waals surface area contributed by atoms with Crippen molar-refractivity contribution < 1.29 is 33.4 Å². The lowest BCUT2D eigenvalue weighted by Crippen LogP contribution is -2.80. The van der Waals surface area contributed by atoms with Crippen LogP contribution in [0.3, 0.4) is 0 Å². The van der Waals surface area contributed by atoms with E-state index in [9.17, 15) is 19.5 Å². The van der Waals surface area contributed by atoms with Crippen LogP contribution in [0, 0.1) is 5.92 Å². The van der Waals surface area contributed by atoms with Gasteiger partial charge in [-0.3, -0.25) is 9.59 Å². The predicted molar refractivity (Wildman–Crippen MR) is 149 cm³/mol. The number of nitrogens with one attached hydrogen (secondary N) is 1. The number of Topliss-reactive ketones (excluding diaryl/α,β-unsaturated/α-hetero) is 1. The molecule has 2 aliphatic heterocycles. The number of likely N-dealkylation sites (N-methyl/N-ethyl adjacent to an activating group) is 2. The Hall–Kier alpha value is -2.95. The van der Waals surface area contributed by atoms with Crippen molar-refractivity contribution in [2.45, 2.75) is 75.2 Å². The van der Waals surface area contributed by atoms with Crippen LogP contribution in [0.5, 0.6) is 11.5 Å². The third-order valence-corrected chi connectivity index (χ3v) is 9.75. The standard InChI is InChI=1S/C30H42N4O6/c1-6-14-34(5)15-11-29-24-19-7-8-22(25(24)40-26(29)21(35)9-10-30(29,38)23(34)17-19)39-28(37)33(4)13-12-32-27(36)20(31)16-18(2)3/h6-8,18,20,23,26,38H,1,9-17,31H2,2-5H3/p+1/t20-,23+,26-,29-,30+,34?/m0/s1. The quantitative estimate of drug-likeness (QED) is 0.312. The van der Waals surface area contributed by atoms with Crippen LogP contribution in [0.1, 0.15) is 50.7 Å². The molecule has 2 fully saturated rings. The maximum absolute atomic E-state index is 13.3. The van der Waals surface area contributed by atoms with Gasteiger partial charge in [0.1, 0.15) is 11.6 Å². The van der Waals surface area contributed by atoms with Gasteiger partial charge in [0.05, 0.1) is 31.6 Å². The molecule has 0 aromatic heterocycles. The van der Waals surface area contributed by atoms with E-state index in [1.54, 1.807) is 13.1 Å². The van der Waals surface area contributed by atoms with Crippen LogP contribution in [-0.2, 0) is 21.4 Å².